The summed E-state index contributed by atoms with van der Waals surface area (Å²) in [6.45, 7) is 5.00. The highest BCUT2D eigenvalue weighted by Crippen LogP contribution is 2.33. The van der Waals surface area contributed by atoms with Crippen molar-refractivity contribution < 1.29 is 14.2 Å². The highest BCUT2D eigenvalue weighted by Gasteiger charge is 2.15. The molecule has 186 valence electrons. The van der Waals surface area contributed by atoms with Crippen molar-refractivity contribution in [1.82, 2.24) is 19.9 Å². The number of hydrogen-bond acceptors (Lipinski definition) is 9. The summed E-state index contributed by atoms with van der Waals surface area (Å²) < 4.78 is 16.7. The Morgan fingerprint density at radius 1 is 0.667 bits per heavy atom. The van der Waals surface area contributed by atoms with E-state index in [1.54, 1.807) is 0 Å². The van der Waals surface area contributed by atoms with Gasteiger partial charge in [-0.2, -0.15) is 19.9 Å². The lowest BCUT2D eigenvalue weighted by molar-refractivity contribution is 0.340. The molecule has 0 unspecified atom stereocenters. The Bertz CT molecular complexity index is 1250. The molecule has 2 aromatic carbocycles. The molecular formula is C24H21Cl3N6O3. The third kappa shape index (κ3) is 6.78. The van der Waals surface area contributed by atoms with Crippen LogP contribution in [-0.2, 0) is 0 Å². The predicted molar refractivity (Wildman–Crippen MR) is 141 cm³/mol. The number of aromatic nitrogens is 4. The van der Waals surface area contributed by atoms with E-state index in [1.165, 1.54) is 6.07 Å². The number of benzene rings is 2. The summed E-state index contributed by atoms with van der Waals surface area (Å²) in [7, 11) is 0. The van der Waals surface area contributed by atoms with Gasteiger partial charge in [0.1, 0.15) is 16.5 Å². The van der Waals surface area contributed by atoms with E-state index in [0.29, 0.717) is 13.2 Å². The fourth-order valence-electron chi connectivity index (χ4n) is 2.96. The highest BCUT2D eigenvalue weighted by atomic mass is 35.5. The lowest BCUT2D eigenvalue weighted by Crippen LogP contribution is -2.06. The zero-order valence-corrected chi connectivity index (χ0v) is 21.5. The Kier molecular flexibility index (Phi) is 8.48. The average molecular weight is 548 g/mol. The maximum Gasteiger partial charge on any atom is 0.330 e. The number of pyridine rings is 1. The van der Waals surface area contributed by atoms with E-state index in [4.69, 9.17) is 49.0 Å². The second-order valence-corrected chi connectivity index (χ2v) is 8.25. The zero-order valence-electron chi connectivity index (χ0n) is 19.3. The zero-order chi connectivity index (χ0) is 25.5. The largest absolute Gasteiger partial charge is 0.494 e. The fourth-order valence-corrected chi connectivity index (χ4v) is 3.49. The molecule has 0 aliphatic rings. The van der Waals surface area contributed by atoms with Crippen molar-refractivity contribution in [2.24, 2.45) is 0 Å². The molecule has 2 heterocycles. The van der Waals surface area contributed by atoms with Gasteiger partial charge in [-0.1, -0.05) is 34.8 Å². The van der Waals surface area contributed by atoms with E-state index >= 15 is 0 Å². The molecule has 4 rings (SSSR count). The minimum absolute atomic E-state index is 0.00342. The second-order valence-electron chi connectivity index (χ2n) is 7.08. The van der Waals surface area contributed by atoms with Crippen molar-refractivity contribution in [1.29, 1.82) is 0 Å². The standard InChI is InChI=1S/C24H21Cl3N6O3/c1-3-34-16-9-5-14(6-10-16)28-22-31-23(29-15-7-11-17(12-8-15)35-4-2)33-24(32-22)36-21-19(26)13-18(25)20(27)30-21/h5-13H,3-4H2,1-2H3,(H2,28,29,31,32,33). The van der Waals surface area contributed by atoms with Gasteiger partial charge in [-0.3, -0.25) is 0 Å². The Labute approximate surface area is 222 Å². The van der Waals surface area contributed by atoms with Crippen LogP contribution in [0.2, 0.25) is 15.2 Å². The van der Waals surface area contributed by atoms with Crippen LogP contribution in [0.15, 0.2) is 54.6 Å². The lowest BCUT2D eigenvalue weighted by Gasteiger charge is -2.12. The van der Waals surface area contributed by atoms with Crippen LogP contribution in [0.25, 0.3) is 0 Å². The van der Waals surface area contributed by atoms with Crippen molar-refractivity contribution in [3.63, 3.8) is 0 Å². The molecule has 4 aromatic rings. The van der Waals surface area contributed by atoms with Crippen molar-refractivity contribution >= 4 is 58.1 Å². The number of hydrogen-bond donors (Lipinski definition) is 2. The topological polar surface area (TPSA) is 103 Å². The lowest BCUT2D eigenvalue weighted by atomic mass is 10.3. The molecule has 0 spiro atoms. The summed E-state index contributed by atoms with van der Waals surface area (Å²) in [6.07, 6.45) is 0. The minimum Gasteiger partial charge on any atom is -0.494 e. The first-order chi connectivity index (χ1) is 17.4. The van der Waals surface area contributed by atoms with Gasteiger partial charge in [0.15, 0.2) is 5.15 Å². The third-order valence-corrected chi connectivity index (χ3v) is 5.44. The van der Waals surface area contributed by atoms with Crippen LogP contribution in [0.4, 0.5) is 23.3 Å². The second kappa shape index (κ2) is 11.9. The van der Waals surface area contributed by atoms with E-state index in [9.17, 15) is 0 Å². The van der Waals surface area contributed by atoms with Crippen LogP contribution in [0.1, 0.15) is 13.8 Å². The van der Waals surface area contributed by atoms with E-state index in [1.807, 2.05) is 62.4 Å². The fraction of sp³-hybridized carbons (Fsp3) is 0.167. The van der Waals surface area contributed by atoms with Gasteiger partial charge in [-0.15, -0.1) is 0 Å². The van der Waals surface area contributed by atoms with E-state index < -0.39 is 0 Å². The smallest absolute Gasteiger partial charge is 0.330 e. The molecule has 36 heavy (non-hydrogen) atoms. The normalized spacial score (nSPS) is 10.6. The SMILES string of the molecule is CCOc1ccc(Nc2nc(Nc3ccc(OCC)cc3)nc(Oc3nc(Cl)c(Cl)cc3Cl)n2)cc1. The van der Waals surface area contributed by atoms with Crippen LogP contribution in [0.5, 0.6) is 23.4 Å². The van der Waals surface area contributed by atoms with Crippen LogP contribution < -0.4 is 24.8 Å². The number of nitrogens with zero attached hydrogens (tertiary/aromatic N) is 4. The summed E-state index contributed by atoms with van der Waals surface area (Å²) in [5.74, 6) is 1.93. The van der Waals surface area contributed by atoms with E-state index in [0.717, 1.165) is 22.9 Å². The van der Waals surface area contributed by atoms with Gasteiger partial charge in [0.05, 0.1) is 18.2 Å². The summed E-state index contributed by atoms with van der Waals surface area (Å²) in [5, 5.41) is 6.63. The maximum absolute atomic E-state index is 6.21. The predicted octanol–water partition coefficient (Wildman–Crippen LogP) is 7.30. The third-order valence-electron chi connectivity index (χ3n) is 4.50. The molecule has 9 nitrogen and oxygen atoms in total. The molecule has 0 bridgehead atoms. The number of anilines is 4. The van der Waals surface area contributed by atoms with Crippen LogP contribution in [0.3, 0.4) is 0 Å². The van der Waals surface area contributed by atoms with Gasteiger partial charge in [-0.25, -0.2) is 0 Å². The molecule has 0 aliphatic heterocycles. The molecule has 2 aromatic heterocycles. The van der Waals surface area contributed by atoms with Crippen molar-refractivity contribution in [3.8, 4) is 23.4 Å². The van der Waals surface area contributed by atoms with E-state index in [2.05, 4.69) is 30.6 Å². The first kappa shape index (κ1) is 25.6. The Morgan fingerprint density at radius 2 is 1.17 bits per heavy atom. The monoisotopic (exact) mass is 546 g/mol. The quantitative estimate of drug-likeness (QED) is 0.198. The average Bonchev–Trinajstić information content (AvgIpc) is 2.85. The Hall–Kier alpha value is -3.53. The van der Waals surface area contributed by atoms with E-state index in [-0.39, 0.29) is 39.0 Å². The summed E-state index contributed by atoms with van der Waals surface area (Å²) in [5.41, 5.74) is 1.46. The van der Waals surface area contributed by atoms with Crippen LogP contribution in [-0.4, -0.2) is 33.1 Å². The molecule has 0 aliphatic carbocycles. The van der Waals surface area contributed by atoms with Gasteiger partial charge in [0.25, 0.3) is 0 Å². The molecule has 0 saturated heterocycles. The summed E-state index contributed by atoms with van der Waals surface area (Å²) >= 11 is 18.2. The number of nitrogens with one attached hydrogen (secondary N) is 2. The minimum atomic E-state index is -0.0698. The molecule has 0 fully saturated rings. The Balaban J connectivity index is 1.63. The molecule has 0 radical (unpaired) electrons. The first-order valence-electron chi connectivity index (χ1n) is 10.9. The number of halogens is 3. The Morgan fingerprint density at radius 3 is 1.64 bits per heavy atom. The van der Waals surface area contributed by atoms with Crippen molar-refractivity contribution in [2.75, 3.05) is 23.8 Å². The van der Waals surface area contributed by atoms with Crippen molar-refractivity contribution in [2.45, 2.75) is 13.8 Å². The van der Waals surface area contributed by atoms with Crippen molar-refractivity contribution in [3.05, 3.63) is 69.8 Å². The molecule has 12 heteroatoms. The number of ether oxygens (including phenoxy) is 3. The molecule has 0 saturated carbocycles. The first-order valence-corrected chi connectivity index (χ1v) is 12.0. The summed E-state index contributed by atoms with van der Waals surface area (Å²) in [4.78, 5) is 17.2. The van der Waals surface area contributed by atoms with Crippen LogP contribution in [0, 0.1) is 0 Å². The molecule has 0 amide bonds. The molecular weight excluding hydrogens is 527 g/mol. The van der Waals surface area contributed by atoms with Crippen LogP contribution >= 0.6 is 34.8 Å². The summed E-state index contributed by atoms with van der Waals surface area (Å²) in [6, 6.07) is 16.1. The van der Waals surface area contributed by atoms with Gasteiger partial charge in [0.2, 0.25) is 17.8 Å². The molecule has 2 N–H and O–H groups in total. The van der Waals surface area contributed by atoms with Gasteiger partial charge < -0.3 is 24.8 Å². The maximum atomic E-state index is 6.21. The van der Waals surface area contributed by atoms with Gasteiger partial charge in [-0.05, 0) is 68.4 Å². The highest BCUT2D eigenvalue weighted by molar-refractivity contribution is 6.42. The van der Waals surface area contributed by atoms with Gasteiger partial charge in [0, 0.05) is 11.4 Å². The van der Waals surface area contributed by atoms with Gasteiger partial charge >= 0.3 is 6.01 Å². The molecule has 0 atom stereocenters. The number of rotatable bonds is 10.